The maximum Gasteiger partial charge on any atom is 0.0816 e. The average Bonchev–Trinajstić information content (AvgIpc) is 2.16. The summed E-state index contributed by atoms with van der Waals surface area (Å²) in [5.74, 6) is 0.229. The van der Waals surface area contributed by atoms with Crippen LogP contribution in [0.15, 0.2) is 24.3 Å². The highest BCUT2D eigenvalue weighted by atomic mass is 16.3. The molecule has 0 aliphatic heterocycles. The third-order valence-electron chi connectivity index (χ3n) is 2.23. The third-order valence-corrected chi connectivity index (χ3v) is 2.23. The van der Waals surface area contributed by atoms with Crippen LogP contribution < -0.4 is 5.73 Å². The Kier molecular flexibility index (Phi) is 3.46. The monoisotopic (exact) mass is 179 g/mol. The highest BCUT2D eigenvalue weighted by molar-refractivity contribution is 5.29. The van der Waals surface area contributed by atoms with Gasteiger partial charge in [0.1, 0.15) is 0 Å². The third kappa shape index (κ3) is 2.29. The van der Waals surface area contributed by atoms with Gasteiger partial charge in [-0.3, -0.25) is 0 Å². The van der Waals surface area contributed by atoms with Crippen LogP contribution in [0.5, 0.6) is 0 Å². The summed E-state index contributed by atoms with van der Waals surface area (Å²) in [5, 5.41) is 9.85. The van der Waals surface area contributed by atoms with E-state index >= 15 is 0 Å². The van der Waals surface area contributed by atoms with Gasteiger partial charge in [-0.25, -0.2) is 0 Å². The van der Waals surface area contributed by atoms with E-state index in [4.69, 9.17) is 5.73 Å². The van der Waals surface area contributed by atoms with E-state index in [0.29, 0.717) is 6.54 Å². The van der Waals surface area contributed by atoms with Crippen LogP contribution in [0.25, 0.3) is 0 Å². The van der Waals surface area contributed by atoms with Crippen LogP contribution in [0.1, 0.15) is 31.1 Å². The van der Waals surface area contributed by atoms with Crippen LogP contribution in [0.2, 0.25) is 0 Å². The lowest BCUT2D eigenvalue weighted by atomic mass is 9.95. The number of hydrogen-bond donors (Lipinski definition) is 2. The van der Waals surface area contributed by atoms with Crippen molar-refractivity contribution in [1.29, 1.82) is 0 Å². The number of aliphatic hydroxyl groups excluding tert-OH is 1. The van der Waals surface area contributed by atoms with Crippen molar-refractivity contribution in [1.82, 2.24) is 0 Å². The molecule has 0 saturated heterocycles. The minimum Gasteiger partial charge on any atom is -0.388 e. The average molecular weight is 179 g/mol. The molecule has 0 amide bonds. The molecule has 1 aromatic carbocycles. The first-order valence-corrected chi connectivity index (χ1v) is 4.62. The van der Waals surface area contributed by atoms with Crippen molar-refractivity contribution < 1.29 is 5.11 Å². The van der Waals surface area contributed by atoms with Crippen LogP contribution in [0, 0.1) is 5.92 Å². The second-order valence-electron chi connectivity index (χ2n) is 3.59. The van der Waals surface area contributed by atoms with Gasteiger partial charge < -0.3 is 10.8 Å². The summed E-state index contributed by atoms with van der Waals surface area (Å²) >= 11 is 0. The molecule has 0 radical (unpaired) electrons. The normalized spacial score (nSPS) is 13.3. The Morgan fingerprint density at radius 3 is 2.46 bits per heavy atom. The molecule has 3 N–H and O–H groups in total. The molecule has 1 aromatic rings. The fraction of sp³-hybridized carbons (Fsp3) is 0.455. The van der Waals surface area contributed by atoms with Gasteiger partial charge in [-0.2, -0.15) is 0 Å². The quantitative estimate of drug-likeness (QED) is 0.743. The molecule has 1 unspecified atom stereocenters. The predicted octanol–water partition coefficient (Wildman–Crippen LogP) is 1.83. The number of rotatable bonds is 3. The highest BCUT2D eigenvalue weighted by Gasteiger charge is 2.14. The van der Waals surface area contributed by atoms with E-state index in [2.05, 4.69) is 0 Å². The fourth-order valence-electron chi connectivity index (χ4n) is 1.37. The van der Waals surface area contributed by atoms with Crippen molar-refractivity contribution in [2.75, 3.05) is 0 Å². The van der Waals surface area contributed by atoms with Crippen molar-refractivity contribution in [3.8, 4) is 0 Å². The molecular weight excluding hydrogens is 162 g/mol. The minimum atomic E-state index is -0.403. The molecule has 2 heteroatoms. The zero-order valence-corrected chi connectivity index (χ0v) is 8.20. The predicted molar refractivity (Wildman–Crippen MR) is 54.1 cm³/mol. The Hall–Kier alpha value is -0.860. The van der Waals surface area contributed by atoms with Crippen LogP contribution in [0.3, 0.4) is 0 Å². The smallest absolute Gasteiger partial charge is 0.0816 e. The van der Waals surface area contributed by atoms with E-state index in [1.807, 2.05) is 38.1 Å². The van der Waals surface area contributed by atoms with Crippen LogP contribution >= 0.6 is 0 Å². The zero-order chi connectivity index (χ0) is 9.84. The van der Waals surface area contributed by atoms with Gasteiger partial charge in [0.25, 0.3) is 0 Å². The van der Waals surface area contributed by atoms with Crippen molar-refractivity contribution in [3.05, 3.63) is 35.4 Å². The number of aliphatic hydroxyl groups is 1. The Balaban J connectivity index is 2.98. The molecule has 1 atom stereocenters. The van der Waals surface area contributed by atoms with Gasteiger partial charge >= 0.3 is 0 Å². The molecule has 72 valence electrons. The Morgan fingerprint density at radius 2 is 1.92 bits per heavy atom. The SMILES string of the molecule is CC(C)C(O)c1ccccc1CN. The van der Waals surface area contributed by atoms with E-state index in [0.717, 1.165) is 11.1 Å². The molecule has 2 nitrogen and oxygen atoms in total. The standard InChI is InChI=1S/C11H17NO/c1-8(2)11(13)10-6-4-3-5-9(10)7-12/h3-6,8,11,13H,7,12H2,1-2H3. The van der Waals surface area contributed by atoms with Crippen LogP contribution in [-0.2, 0) is 6.54 Å². The van der Waals surface area contributed by atoms with Crippen molar-refractivity contribution >= 4 is 0 Å². The zero-order valence-electron chi connectivity index (χ0n) is 8.20. The van der Waals surface area contributed by atoms with Crippen LogP contribution in [0.4, 0.5) is 0 Å². The first-order chi connectivity index (χ1) is 6.16. The lowest BCUT2D eigenvalue weighted by molar-refractivity contribution is 0.126. The summed E-state index contributed by atoms with van der Waals surface area (Å²) in [5.41, 5.74) is 7.57. The van der Waals surface area contributed by atoms with Crippen molar-refractivity contribution in [2.24, 2.45) is 11.7 Å². The Bertz CT molecular complexity index is 271. The molecule has 0 aromatic heterocycles. The summed E-state index contributed by atoms with van der Waals surface area (Å²) in [6.45, 7) is 4.48. The maximum absolute atomic E-state index is 9.85. The number of nitrogens with two attached hydrogens (primary N) is 1. The van der Waals surface area contributed by atoms with Gasteiger partial charge in [0.15, 0.2) is 0 Å². The molecule has 0 aliphatic rings. The van der Waals surface area contributed by atoms with E-state index in [-0.39, 0.29) is 5.92 Å². The van der Waals surface area contributed by atoms with Crippen molar-refractivity contribution in [2.45, 2.75) is 26.5 Å². The molecule has 0 heterocycles. The Labute approximate surface area is 79.4 Å². The second kappa shape index (κ2) is 4.40. The van der Waals surface area contributed by atoms with Gasteiger partial charge in [0.05, 0.1) is 6.10 Å². The lowest BCUT2D eigenvalue weighted by Gasteiger charge is -2.17. The molecule has 0 bridgehead atoms. The first kappa shape index (κ1) is 10.2. The summed E-state index contributed by atoms with van der Waals surface area (Å²) in [4.78, 5) is 0. The van der Waals surface area contributed by atoms with Gasteiger partial charge in [-0.1, -0.05) is 38.1 Å². The molecule has 0 spiro atoms. The van der Waals surface area contributed by atoms with Gasteiger partial charge in [0.2, 0.25) is 0 Å². The van der Waals surface area contributed by atoms with E-state index in [1.54, 1.807) is 0 Å². The molecular formula is C11H17NO. The van der Waals surface area contributed by atoms with Gasteiger partial charge in [-0.15, -0.1) is 0 Å². The molecule has 13 heavy (non-hydrogen) atoms. The van der Waals surface area contributed by atoms with Crippen molar-refractivity contribution in [3.63, 3.8) is 0 Å². The van der Waals surface area contributed by atoms with Crippen LogP contribution in [-0.4, -0.2) is 5.11 Å². The largest absolute Gasteiger partial charge is 0.388 e. The number of benzene rings is 1. The maximum atomic E-state index is 9.85. The molecule has 0 aliphatic carbocycles. The minimum absolute atomic E-state index is 0.229. The van der Waals surface area contributed by atoms with Gasteiger partial charge in [-0.05, 0) is 17.0 Å². The summed E-state index contributed by atoms with van der Waals surface area (Å²) in [6, 6.07) is 7.77. The molecule has 1 rings (SSSR count). The highest BCUT2D eigenvalue weighted by Crippen LogP contribution is 2.24. The summed E-state index contributed by atoms with van der Waals surface area (Å²) in [7, 11) is 0. The Morgan fingerprint density at radius 1 is 1.31 bits per heavy atom. The second-order valence-corrected chi connectivity index (χ2v) is 3.59. The summed E-state index contributed by atoms with van der Waals surface area (Å²) < 4.78 is 0. The van der Waals surface area contributed by atoms with E-state index in [1.165, 1.54) is 0 Å². The molecule has 0 fully saturated rings. The molecule has 0 saturated carbocycles. The summed E-state index contributed by atoms with van der Waals surface area (Å²) in [6.07, 6.45) is -0.403. The number of hydrogen-bond acceptors (Lipinski definition) is 2. The van der Waals surface area contributed by atoms with E-state index < -0.39 is 6.10 Å². The lowest BCUT2D eigenvalue weighted by Crippen LogP contribution is -2.10. The van der Waals surface area contributed by atoms with E-state index in [9.17, 15) is 5.11 Å². The fourth-order valence-corrected chi connectivity index (χ4v) is 1.37. The topological polar surface area (TPSA) is 46.2 Å². The first-order valence-electron chi connectivity index (χ1n) is 4.62. The van der Waals surface area contributed by atoms with Gasteiger partial charge in [0, 0.05) is 6.54 Å².